The molecule has 0 aliphatic carbocycles. The number of phenolic OH excluding ortho intramolecular Hbond substituents is 1. The summed E-state index contributed by atoms with van der Waals surface area (Å²) >= 11 is 0. The molecule has 0 aliphatic rings. The van der Waals surface area contributed by atoms with Crippen molar-refractivity contribution in [3.05, 3.63) is 70.9 Å². The first kappa shape index (κ1) is 15.8. The number of hydrogen-bond acceptors (Lipinski definition) is 3. The van der Waals surface area contributed by atoms with E-state index in [2.05, 4.69) is 15.5 Å². The van der Waals surface area contributed by atoms with E-state index in [1.807, 2.05) is 50.2 Å². The Morgan fingerprint density at radius 1 is 1.17 bits per heavy atom. The van der Waals surface area contributed by atoms with E-state index in [0.29, 0.717) is 23.5 Å². The number of aromatic amines is 1. The average Bonchev–Trinajstić information content (AvgIpc) is 3.08. The molecule has 122 valence electrons. The molecule has 0 saturated heterocycles. The van der Waals surface area contributed by atoms with Gasteiger partial charge in [-0.05, 0) is 42.7 Å². The molecular formula is C19H19N3O2. The summed E-state index contributed by atoms with van der Waals surface area (Å²) < 4.78 is 0. The fourth-order valence-corrected chi connectivity index (χ4v) is 2.46. The van der Waals surface area contributed by atoms with E-state index in [9.17, 15) is 9.90 Å². The second-order valence-electron chi connectivity index (χ2n) is 5.74. The van der Waals surface area contributed by atoms with Crippen LogP contribution in [0.4, 0.5) is 0 Å². The molecule has 0 radical (unpaired) electrons. The quantitative estimate of drug-likeness (QED) is 0.690. The van der Waals surface area contributed by atoms with Crippen LogP contribution in [0.1, 0.15) is 27.2 Å². The second-order valence-corrected chi connectivity index (χ2v) is 5.74. The summed E-state index contributed by atoms with van der Waals surface area (Å²) in [6.07, 6.45) is 0. The first-order valence-electron chi connectivity index (χ1n) is 7.73. The Morgan fingerprint density at radius 3 is 2.67 bits per heavy atom. The van der Waals surface area contributed by atoms with Gasteiger partial charge < -0.3 is 10.4 Å². The van der Waals surface area contributed by atoms with E-state index in [4.69, 9.17) is 0 Å². The number of nitrogens with one attached hydrogen (secondary N) is 2. The van der Waals surface area contributed by atoms with Crippen molar-refractivity contribution < 1.29 is 9.90 Å². The van der Waals surface area contributed by atoms with Crippen LogP contribution < -0.4 is 5.32 Å². The van der Waals surface area contributed by atoms with Crippen molar-refractivity contribution in [2.45, 2.75) is 20.4 Å². The average molecular weight is 321 g/mol. The SMILES string of the molecule is Cc1ccc(-c2cc(C(=O)NCc3ccccc3)[nH]n2)c(O)c1C. The van der Waals surface area contributed by atoms with Crippen LogP contribution in [-0.4, -0.2) is 21.2 Å². The van der Waals surface area contributed by atoms with Gasteiger partial charge in [0.15, 0.2) is 0 Å². The van der Waals surface area contributed by atoms with Gasteiger partial charge in [0, 0.05) is 12.1 Å². The van der Waals surface area contributed by atoms with Crippen molar-refractivity contribution in [3.63, 3.8) is 0 Å². The summed E-state index contributed by atoms with van der Waals surface area (Å²) in [5.41, 5.74) is 4.35. The molecule has 0 spiro atoms. The predicted molar refractivity (Wildman–Crippen MR) is 92.8 cm³/mol. The van der Waals surface area contributed by atoms with Gasteiger partial charge in [-0.3, -0.25) is 9.89 Å². The minimum atomic E-state index is -0.235. The molecule has 3 rings (SSSR count). The Morgan fingerprint density at radius 2 is 1.92 bits per heavy atom. The summed E-state index contributed by atoms with van der Waals surface area (Å²) in [5.74, 6) is -0.0429. The minimum absolute atomic E-state index is 0.192. The highest BCUT2D eigenvalue weighted by molar-refractivity contribution is 5.93. The number of hydrogen-bond donors (Lipinski definition) is 3. The fraction of sp³-hybridized carbons (Fsp3) is 0.158. The second kappa shape index (κ2) is 6.58. The lowest BCUT2D eigenvalue weighted by Gasteiger charge is -2.07. The number of carbonyl (C=O) groups is 1. The third-order valence-electron chi connectivity index (χ3n) is 4.10. The van der Waals surface area contributed by atoms with Crippen LogP contribution >= 0.6 is 0 Å². The normalized spacial score (nSPS) is 10.6. The number of amides is 1. The number of aryl methyl sites for hydroxylation is 1. The smallest absolute Gasteiger partial charge is 0.269 e. The van der Waals surface area contributed by atoms with Gasteiger partial charge in [0.25, 0.3) is 5.91 Å². The summed E-state index contributed by atoms with van der Waals surface area (Å²) in [5, 5.41) is 20.0. The zero-order chi connectivity index (χ0) is 17.1. The lowest BCUT2D eigenvalue weighted by atomic mass is 10.0. The van der Waals surface area contributed by atoms with E-state index in [0.717, 1.165) is 16.7 Å². The standard InChI is InChI=1S/C19H19N3O2/c1-12-8-9-15(18(23)13(12)2)16-10-17(22-21-16)19(24)20-11-14-6-4-3-5-7-14/h3-10,23H,11H2,1-2H3,(H,20,24)(H,21,22). The van der Waals surface area contributed by atoms with E-state index < -0.39 is 0 Å². The number of phenols is 1. The molecular weight excluding hydrogens is 302 g/mol. The molecule has 5 heteroatoms. The molecule has 2 aromatic carbocycles. The maximum absolute atomic E-state index is 12.2. The minimum Gasteiger partial charge on any atom is -0.507 e. The van der Waals surface area contributed by atoms with Crippen molar-refractivity contribution in [2.24, 2.45) is 0 Å². The topological polar surface area (TPSA) is 78.0 Å². The molecule has 1 aromatic heterocycles. The van der Waals surface area contributed by atoms with Gasteiger partial charge in [0.1, 0.15) is 11.4 Å². The Hall–Kier alpha value is -3.08. The van der Waals surface area contributed by atoms with Gasteiger partial charge in [0.2, 0.25) is 0 Å². The molecule has 0 bridgehead atoms. The van der Waals surface area contributed by atoms with Crippen molar-refractivity contribution in [1.82, 2.24) is 15.5 Å². The van der Waals surface area contributed by atoms with E-state index in [-0.39, 0.29) is 11.7 Å². The Bertz CT molecular complexity index is 870. The first-order chi connectivity index (χ1) is 11.6. The summed E-state index contributed by atoms with van der Waals surface area (Å²) in [4.78, 5) is 12.2. The third-order valence-corrected chi connectivity index (χ3v) is 4.10. The van der Waals surface area contributed by atoms with Crippen molar-refractivity contribution in [2.75, 3.05) is 0 Å². The van der Waals surface area contributed by atoms with E-state index in [1.54, 1.807) is 12.1 Å². The van der Waals surface area contributed by atoms with Gasteiger partial charge in [-0.25, -0.2) is 0 Å². The molecule has 0 unspecified atom stereocenters. The predicted octanol–water partition coefficient (Wildman–Crippen LogP) is 3.33. The lowest BCUT2D eigenvalue weighted by molar-refractivity contribution is 0.0946. The van der Waals surface area contributed by atoms with Crippen molar-refractivity contribution in [1.29, 1.82) is 0 Å². The number of carbonyl (C=O) groups excluding carboxylic acids is 1. The Balaban J connectivity index is 1.76. The third kappa shape index (κ3) is 3.15. The molecule has 5 nitrogen and oxygen atoms in total. The fourth-order valence-electron chi connectivity index (χ4n) is 2.46. The largest absolute Gasteiger partial charge is 0.507 e. The first-order valence-corrected chi connectivity index (χ1v) is 7.73. The number of aromatic nitrogens is 2. The molecule has 24 heavy (non-hydrogen) atoms. The maximum Gasteiger partial charge on any atom is 0.269 e. The number of benzene rings is 2. The van der Waals surface area contributed by atoms with Crippen LogP contribution in [0.25, 0.3) is 11.3 Å². The van der Waals surface area contributed by atoms with Crippen molar-refractivity contribution in [3.8, 4) is 17.0 Å². The molecule has 3 N–H and O–H groups in total. The molecule has 0 saturated carbocycles. The summed E-state index contributed by atoms with van der Waals surface area (Å²) in [6.45, 7) is 4.24. The number of nitrogens with zero attached hydrogens (tertiary/aromatic N) is 1. The van der Waals surface area contributed by atoms with Crippen molar-refractivity contribution >= 4 is 5.91 Å². The highest BCUT2D eigenvalue weighted by atomic mass is 16.3. The van der Waals surface area contributed by atoms with Crippen LogP contribution in [-0.2, 0) is 6.54 Å². The van der Waals surface area contributed by atoms with Gasteiger partial charge in [0.05, 0.1) is 5.69 Å². The molecule has 3 aromatic rings. The van der Waals surface area contributed by atoms with E-state index >= 15 is 0 Å². The van der Waals surface area contributed by atoms with Crippen LogP contribution in [0.3, 0.4) is 0 Å². The molecule has 1 heterocycles. The molecule has 0 aliphatic heterocycles. The highest BCUT2D eigenvalue weighted by Gasteiger charge is 2.14. The Labute approximate surface area is 140 Å². The van der Waals surface area contributed by atoms with Gasteiger partial charge in [-0.2, -0.15) is 5.10 Å². The van der Waals surface area contributed by atoms with Crippen LogP contribution in [0.5, 0.6) is 5.75 Å². The number of aromatic hydroxyl groups is 1. The van der Waals surface area contributed by atoms with Gasteiger partial charge in [-0.15, -0.1) is 0 Å². The lowest BCUT2D eigenvalue weighted by Crippen LogP contribution is -2.23. The molecule has 0 atom stereocenters. The highest BCUT2D eigenvalue weighted by Crippen LogP contribution is 2.32. The summed E-state index contributed by atoms with van der Waals surface area (Å²) in [7, 11) is 0. The van der Waals surface area contributed by atoms with Crippen LogP contribution in [0.15, 0.2) is 48.5 Å². The monoisotopic (exact) mass is 321 g/mol. The number of H-pyrrole nitrogens is 1. The summed E-state index contributed by atoms with van der Waals surface area (Å²) in [6, 6.07) is 15.1. The van der Waals surface area contributed by atoms with Gasteiger partial charge >= 0.3 is 0 Å². The maximum atomic E-state index is 12.2. The zero-order valence-corrected chi connectivity index (χ0v) is 13.6. The Kier molecular flexibility index (Phi) is 4.33. The van der Waals surface area contributed by atoms with Crippen LogP contribution in [0, 0.1) is 13.8 Å². The van der Waals surface area contributed by atoms with Crippen LogP contribution in [0.2, 0.25) is 0 Å². The van der Waals surface area contributed by atoms with Gasteiger partial charge in [-0.1, -0.05) is 36.4 Å². The zero-order valence-electron chi connectivity index (χ0n) is 13.6. The molecule has 0 fully saturated rings. The number of rotatable bonds is 4. The molecule has 1 amide bonds. The van der Waals surface area contributed by atoms with E-state index in [1.165, 1.54) is 0 Å².